The summed E-state index contributed by atoms with van der Waals surface area (Å²) in [5.74, 6) is 0.860. The molecule has 0 aliphatic rings. The van der Waals surface area contributed by atoms with E-state index < -0.39 is 0 Å². The van der Waals surface area contributed by atoms with Crippen LogP contribution in [-0.4, -0.2) is 31.8 Å². The summed E-state index contributed by atoms with van der Waals surface area (Å²) in [5.41, 5.74) is 5.13. The van der Waals surface area contributed by atoms with Crippen molar-refractivity contribution in [1.29, 1.82) is 0 Å². The molecule has 23 heavy (non-hydrogen) atoms. The van der Waals surface area contributed by atoms with Crippen LogP contribution in [0.4, 0.5) is 0 Å². The minimum Gasteiger partial charge on any atom is -0.467 e. The molecule has 0 bridgehead atoms. The first-order chi connectivity index (χ1) is 11.0. The largest absolute Gasteiger partial charge is 0.467 e. The number of nitrogens with one attached hydrogen (secondary N) is 1. The van der Waals surface area contributed by atoms with Crippen LogP contribution in [0, 0.1) is 0 Å². The molecule has 2 aromatic heterocycles. The molecule has 0 saturated heterocycles. The van der Waals surface area contributed by atoms with E-state index in [0.29, 0.717) is 29.7 Å². The summed E-state index contributed by atoms with van der Waals surface area (Å²) in [7, 11) is 1.80. The Morgan fingerprint density at radius 3 is 2.91 bits per heavy atom. The van der Waals surface area contributed by atoms with E-state index >= 15 is 0 Å². The van der Waals surface area contributed by atoms with Gasteiger partial charge in [-0.2, -0.15) is 0 Å². The fraction of sp³-hybridized carbons (Fsp3) is 0.429. The number of hydrogen-bond donors (Lipinski definition) is 2. The highest BCUT2D eigenvalue weighted by Gasteiger charge is 2.19. The molecule has 0 aliphatic carbocycles. The van der Waals surface area contributed by atoms with Gasteiger partial charge in [0.25, 0.3) is 0 Å². The molecular formula is C14H19N5O3S. The normalized spacial score (nSPS) is 12.1. The summed E-state index contributed by atoms with van der Waals surface area (Å²) in [6.45, 7) is 2.14. The van der Waals surface area contributed by atoms with Crippen molar-refractivity contribution in [3.05, 3.63) is 30.0 Å². The standard InChI is InChI=1S/C14H19N5O3S/c1-9(13(21)16-8-10-4-3-7-22-10)23-14-18-17-12(19(14)2)6-5-11(15)20/h3-4,7,9H,5-6,8H2,1-2H3,(H2,15,20)(H,16,21)/t9-/m1/s1. The third-order valence-electron chi connectivity index (χ3n) is 3.19. The van der Waals surface area contributed by atoms with Gasteiger partial charge < -0.3 is 20.0 Å². The van der Waals surface area contributed by atoms with Crippen molar-refractivity contribution in [2.45, 2.75) is 36.7 Å². The maximum absolute atomic E-state index is 12.1. The third-order valence-corrected chi connectivity index (χ3v) is 4.32. The van der Waals surface area contributed by atoms with E-state index in [2.05, 4.69) is 15.5 Å². The molecular weight excluding hydrogens is 318 g/mol. The van der Waals surface area contributed by atoms with Crippen LogP contribution in [0.15, 0.2) is 28.0 Å². The summed E-state index contributed by atoms with van der Waals surface area (Å²) in [4.78, 5) is 22.9. The Labute approximate surface area is 137 Å². The average Bonchev–Trinajstić information content (AvgIpc) is 3.14. The SMILES string of the molecule is C[C@@H](Sc1nnc(CCC(N)=O)n1C)C(=O)NCc1ccco1. The van der Waals surface area contributed by atoms with E-state index in [0.717, 1.165) is 0 Å². The lowest BCUT2D eigenvalue weighted by molar-refractivity contribution is -0.120. The molecule has 0 saturated carbocycles. The van der Waals surface area contributed by atoms with Gasteiger partial charge in [0.2, 0.25) is 11.8 Å². The number of carbonyl (C=O) groups is 2. The van der Waals surface area contributed by atoms with Gasteiger partial charge in [0.05, 0.1) is 18.1 Å². The monoisotopic (exact) mass is 337 g/mol. The quantitative estimate of drug-likeness (QED) is 0.682. The molecule has 124 valence electrons. The first kappa shape index (κ1) is 17.1. The molecule has 0 unspecified atom stereocenters. The van der Waals surface area contributed by atoms with Crippen molar-refractivity contribution >= 4 is 23.6 Å². The molecule has 0 radical (unpaired) electrons. The fourth-order valence-electron chi connectivity index (χ4n) is 1.84. The second-order valence-electron chi connectivity index (χ2n) is 4.98. The van der Waals surface area contributed by atoms with Crippen molar-refractivity contribution in [3.8, 4) is 0 Å². The Morgan fingerprint density at radius 2 is 2.26 bits per heavy atom. The van der Waals surface area contributed by atoms with E-state index in [-0.39, 0.29) is 23.5 Å². The topological polar surface area (TPSA) is 116 Å². The first-order valence-corrected chi connectivity index (χ1v) is 7.98. The molecule has 3 N–H and O–H groups in total. The highest BCUT2D eigenvalue weighted by molar-refractivity contribution is 8.00. The van der Waals surface area contributed by atoms with Crippen LogP contribution in [-0.2, 0) is 29.6 Å². The highest BCUT2D eigenvalue weighted by Crippen LogP contribution is 2.21. The smallest absolute Gasteiger partial charge is 0.233 e. The summed E-state index contributed by atoms with van der Waals surface area (Å²) >= 11 is 1.30. The summed E-state index contributed by atoms with van der Waals surface area (Å²) < 4.78 is 6.93. The van der Waals surface area contributed by atoms with Gasteiger partial charge in [-0.15, -0.1) is 10.2 Å². The number of furan rings is 1. The zero-order valence-electron chi connectivity index (χ0n) is 13.0. The Hall–Kier alpha value is -2.29. The van der Waals surface area contributed by atoms with Crippen LogP contribution in [0.25, 0.3) is 0 Å². The molecule has 0 fully saturated rings. The molecule has 9 heteroatoms. The van der Waals surface area contributed by atoms with Crippen LogP contribution in [0.1, 0.15) is 24.9 Å². The molecule has 0 aliphatic heterocycles. The molecule has 1 atom stereocenters. The highest BCUT2D eigenvalue weighted by atomic mass is 32.2. The van der Waals surface area contributed by atoms with Crippen LogP contribution in [0.2, 0.25) is 0 Å². The van der Waals surface area contributed by atoms with E-state index in [9.17, 15) is 9.59 Å². The van der Waals surface area contributed by atoms with Gasteiger partial charge in [-0.05, 0) is 19.1 Å². The number of nitrogens with two attached hydrogens (primary N) is 1. The van der Waals surface area contributed by atoms with E-state index in [4.69, 9.17) is 10.2 Å². The zero-order valence-corrected chi connectivity index (χ0v) is 13.8. The lowest BCUT2D eigenvalue weighted by Gasteiger charge is -2.10. The van der Waals surface area contributed by atoms with Crippen molar-refractivity contribution in [1.82, 2.24) is 20.1 Å². The van der Waals surface area contributed by atoms with Gasteiger partial charge in [-0.1, -0.05) is 11.8 Å². The predicted molar refractivity (Wildman–Crippen MR) is 84.4 cm³/mol. The van der Waals surface area contributed by atoms with Crippen molar-refractivity contribution in [2.24, 2.45) is 12.8 Å². The van der Waals surface area contributed by atoms with Crippen molar-refractivity contribution in [3.63, 3.8) is 0 Å². The number of aryl methyl sites for hydroxylation is 1. The van der Waals surface area contributed by atoms with E-state index in [1.807, 2.05) is 0 Å². The number of aromatic nitrogens is 3. The summed E-state index contributed by atoms with van der Waals surface area (Å²) in [5, 5.41) is 11.2. The third kappa shape index (κ3) is 4.85. The molecule has 2 amide bonds. The van der Waals surface area contributed by atoms with E-state index in [1.54, 1.807) is 36.9 Å². The van der Waals surface area contributed by atoms with Gasteiger partial charge in [0, 0.05) is 19.9 Å². The predicted octanol–water partition coefficient (Wildman–Crippen LogP) is 0.623. The first-order valence-electron chi connectivity index (χ1n) is 7.10. The Balaban J connectivity index is 1.87. The molecule has 2 rings (SSSR count). The maximum Gasteiger partial charge on any atom is 0.233 e. The average molecular weight is 337 g/mol. The van der Waals surface area contributed by atoms with Gasteiger partial charge in [-0.25, -0.2) is 0 Å². The lowest BCUT2D eigenvalue weighted by atomic mass is 10.3. The van der Waals surface area contributed by atoms with Gasteiger partial charge in [0.1, 0.15) is 11.6 Å². The van der Waals surface area contributed by atoms with Crippen LogP contribution in [0.5, 0.6) is 0 Å². The number of rotatable bonds is 8. The minimum absolute atomic E-state index is 0.118. The summed E-state index contributed by atoms with van der Waals surface area (Å²) in [6.07, 6.45) is 2.21. The molecule has 0 spiro atoms. The molecule has 2 aromatic rings. The number of hydrogen-bond acceptors (Lipinski definition) is 6. The lowest BCUT2D eigenvalue weighted by Crippen LogP contribution is -2.30. The van der Waals surface area contributed by atoms with Crippen LogP contribution < -0.4 is 11.1 Å². The van der Waals surface area contributed by atoms with Gasteiger partial charge in [-0.3, -0.25) is 9.59 Å². The molecule has 8 nitrogen and oxygen atoms in total. The molecule has 2 heterocycles. The van der Waals surface area contributed by atoms with Gasteiger partial charge in [0.15, 0.2) is 5.16 Å². The maximum atomic E-state index is 12.1. The van der Waals surface area contributed by atoms with Crippen LogP contribution >= 0.6 is 11.8 Å². The Kier molecular flexibility index (Phi) is 5.80. The Morgan fingerprint density at radius 1 is 1.48 bits per heavy atom. The zero-order chi connectivity index (χ0) is 16.8. The van der Waals surface area contributed by atoms with E-state index in [1.165, 1.54) is 11.8 Å². The number of nitrogens with zero attached hydrogens (tertiary/aromatic N) is 3. The number of thioether (sulfide) groups is 1. The number of amides is 2. The van der Waals surface area contributed by atoms with Crippen molar-refractivity contribution < 1.29 is 14.0 Å². The Bertz CT molecular complexity index is 668. The second kappa shape index (κ2) is 7.82. The fourth-order valence-corrected chi connectivity index (χ4v) is 2.70. The second-order valence-corrected chi connectivity index (χ2v) is 6.29. The number of carbonyl (C=O) groups excluding carboxylic acids is 2. The minimum atomic E-state index is -0.382. The van der Waals surface area contributed by atoms with Crippen molar-refractivity contribution in [2.75, 3.05) is 0 Å². The molecule has 0 aromatic carbocycles. The summed E-state index contributed by atoms with van der Waals surface area (Å²) in [6, 6.07) is 3.57. The number of primary amides is 1. The van der Waals surface area contributed by atoms with Gasteiger partial charge >= 0.3 is 0 Å². The van der Waals surface area contributed by atoms with Crippen LogP contribution in [0.3, 0.4) is 0 Å².